The normalized spacial score (nSPS) is 10.8. The zero-order valence-corrected chi connectivity index (χ0v) is 18.1. The highest BCUT2D eigenvalue weighted by atomic mass is 35.5. The molecule has 0 saturated carbocycles. The number of aromatic nitrogens is 3. The summed E-state index contributed by atoms with van der Waals surface area (Å²) in [6.45, 7) is 4.01. The number of benzene rings is 1. The van der Waals surface area contributed by atoms with E-state index in [2.05, 4.69) is 16.2 Å². The van der Waals surface area contributed by atoms with Crippen molar-refractivity contribution in [1.82, 2.24) is 14.8 Å². The number of hydrogen-bond acceptors (Lipinski definition) is 6. The van der Waals surface area contributed by atoms with E-state index >= 15 is 0 Å². The number of rotatable bonds is 7. The molecule has 3 rings (SSSR count). The van der Waals surface area contributed by atoms with E-state index < -0.39 is 6.09 Å². The van der Waals surface area contributed by atoms with Gasteiger partial charge in [-0.1, -0.05) is 23.4 Å². The van der Waals surface area contributed by atoms with Gasteiger partial charge in [0.1, 0.15) is 17.3 Å². The van der Waals surface area contributed by atoms with Crippen molar-refractivity contribution in [3.63, 3.8) is 0 Å². The van der Waals surface area contributed by atoms with Gasteiger partial charge in [0, 0.05) is 40.3 Å². The second-order valence-electron chi connectivity index (χ2n) is 6.80. The Labute approximate surface area is 183 Å². The summed E-state index contributed by atoms with van der Waals surface area (Å²) >= 11 is 7.66. The van der Waals surface area contributed by atoms with Gasteiger partial charge in [0.25, 0.3) is 0 Å². The van der Waals surface area contributed by atoms with Crippen molar-refractivity contribution in [2.24, 2.45) is 5.73 Å². The van der Waals surface area contributed by atoms with Crippen molar-refractivity contribution in [1.29, 1.82) is 5.26 Å². The van der Waals surface area contributed by atoms with Gasteiger partial charge in [0.15, 0.2) is 0 Å². The molecule has 0 aliphatic rings. The van der Waals surface area contributed by atoms with Crippen LogP contribution in [0.25, 0.3) is 0 Å². The molecule has 2 N–H and O–H groups in total. The highest BCUT2D eigenvalue weighted by Crippen LogP contribution is 2.37. The molecule has 0 spiro atoms. The molecule has 3 aromatic rings. The number of nitrogens with zero attached hydrogens (tertiary/aromatic N) is 4. The van der Waals surface area contributed by atoms with Crippen LogP contribution in [0.1, 0.15) is 42.3 Å². The molecular formula is C21H20ClN5O2S. The Morgan fingerprint density at radius 3 is 2.70 bits per heavy atom. The van der Waals surface area contributed by atoms with Gasteiger partial charge >= 0.3 is 6.09 Å². The summed E-state index contributed by atoms with van der Waals surface area (Å²) in [4.78, 5) is 16.1. The summed E-state index contributed by atoms with van der Waals surface area (Å²) in [5.74, 6) is 0. The Hall–Kier alpha value is -3.02. The predicted octanol–water partition coefficient (Wildman–Crippen LogP) is 4.72. The van der Waals surface area contributed by atoms with E-state index in [0.717, 1.165) is 21.0 Å². The van der Waals surface area contributed by atoms with Crippen LogP contribution < -0.4 is 5.73 Å². The summed E-state index contributed by atoms with van der Waals surface area (Å²) in [6.07, 6.45) is 3.17. The highest BCUT2D eigenvalue weighted by Gasteiger charge is 2.22. The van der Waals surface area contributed by atoms with Crippen molar-refractivity contribution in [2.45, 2.75) is 42.8 Å². The molecule has 0 unspecified atom stereocenters. The van der Waals surface area contributed by atoms with Crippen molar-refractivity contribution >= 4 is 29.5 Å². The molecule has 2 heterocycles. The Morgan fingerprint density at radius 1 is 1.33 bits per heavy atom. The molecule has 30 heavy (non-hydrogen) atoms. The number of ether oxygens (including phenoxy) is 1. The zero-order valence-electron chi connectivity index (χ0n) is 16.5. The lowest BCUT2D eigenvalue weighted by Gasteiger charge is -2.13. The van der Waals surface area contributed by atoms with Gasteiger partial charge in [-0.2, -0.15) is 10.4 Å². The second-order valence-corrected chi connectivity index (χ2v) is 8.30. The van der Waals surface area contributed by atoms with E-state index in [0.29, 0.717) is 22.7 Å². The Balaban J connectivity index is 2.09. The maximum atomic E-state index is 11.2. The number of carbonyl (C=O) groups excluding carboxylic acids is 1. The fourth-order valence-electron chi connectivity index (χ4n) is 2.89. The van der Waals surface area contributed by atoms with Gasteiger partial charge in [-0.15, -0.1) is 0 Å². The molecule has 7 nitrogen and oxygen atoms in total. The number of halogens is 1. The summed E-state index contributed by atoms with van der Waals surface area (Å²) in [5, 5.41) is 15.3. The summed E-state index contributed by atoms with van der Waals surface area (Å²) in [6, 6.07) is 11.2. The van der Waals surface area contributed by atoms with Crippen LogP contribution in [0.3, 0.4) is 0 Å². The van der Waals surface area contributed by atoms with Gasteiger partial charge < -0.3 is 10.5 Å². The number of carbonyl (C=O) groups is 1. The fraction of sp³-hybridized carbons (Fsp3) is 0.238. The average molecular weight is 442 g/mol. The summed E-state index contributed by atoms with van der Waals surface area (Å²) in [5.41, 5.74) is 8.23. The molecule has 0 bridgehead atoms. The number of pyridine rings is 1. The number of hydrogen-bond donors (Lipinski definition) is 1. The lowest BCUT2D eigenvalue weighted by molar-refractivity contribution is 0.148. The predicted molar refractivity (Wildman–Crippen MR) is 114 cm³/mol. The lowest BCUT2D eigenvalue weighted by atomic mass is 10.1. The van der Waals surface area contributed by atoms with Crippen molar-refractivity contribution in [3.05, 3.63) is 70.1 Å². The first-order chi connectivity index (χ1) is 14.4. The number of amides is 1. The van der Waals surface area contributed by atoms with Crippen LogP contribution in [-0.2, 0) is 17.8 Å². The van der Waals surface area contributed by atoms with E-state index in [1.807, 2.05) is 30.7 Å². The van der Waals surface area contributed by atoms with Crippen LogP contribution in [0, 0.1) is 11.3 Å². The first-order valence-electron chi connectivity index (χ1n) is 9.17. The maximum absolute atomic E-state index is 11.2. The summed E-state index contributed by atoms with van der Waals surface area (Å²) in [7, 11) is 0. The molecule has 0 fully saturated rings. The van der Waals surface area contributed by atoms with E-state index in [-0.39, 0.29) is 12.6 Å². The number of nitriles is 1. The molecule has 0 aliphatic heterocycles. The van der Waals surface area contributed by atoms with Crippen molar-refractivity contribution < 1.29 is 9.53 Å². The van der Waals surface area contributed by atoms with Gasteiger partial charge in [-0.25, -0.2) is 4.79 Å². The largest absolute Gasteiger partial charge is 0.443 e. The van der Waals surface area contributed by atoms with E-state index in [9.17, 15) is 10.1 Å². The van der Waals surface area contributed by atoms with E-state index in [1.165, 1.54) is 11.8 Å². The molecule has 9 heteroatoms. The topological polar surface area (TPSA) is 107 Å². The first-order valence-corrected chi connectivity index (χ1v) is 10.4. The minimum Gasteiger partial charge on any atom is -0.443 e. The second kappa shape index (κ2) is 9.65. The van der Waals surface area contributed by atoms with Crippen molar-refractivity contribution in [2.75, 3.05) is 0 Å². The molecule has 2 aromatic heterocycles. The van der Waals surface area contributed by atoms with Gasteiger partial charge in [-0.3, -0.25) is 9.67 Å². The minimum atomic E-state index is -0.855. The third kappa shape index (κ3) is 5.32. The molecule has 154 valence electrons. The molecule has 0 saturated heterocycles. The lowest BCUT2D eigenvalue weighted by Crippen LogP contribution is -2.13. The van der Waals surface area contributed by atoms with E-state index in [4.69, 9.17) is 22.1 Å². The maximum Gasteiger partial charge on any atom is 0.404 e. The number of nitrogens with two attached hydrogens (primary N) is 1. The monoisotopic (exact) mass is 441 g/mol. The Bertz CT molecular complexity index is 1090. The van der Waals surface area contributed by atoms with Crippen LogP contribution in [0.5, 0.6) is 0 Å². The summed E-state index contributed by atoms with van der Waals surface area (Å²) < 4.78 is 6.92. The quantitative estimate of drug-likeness (QED) is 0.568. The smallest absolute Gasteiger partial charge is 0.404 e. The highest BCUT2D eigenvalue weighted by molar-refractivity contribution is 7.99. The Morgan fingerprint density at radius 2 is 2.07 bits per heavy atom. The molecule has 1 amide bonds. The molecule has 0 aliphatic carbocycles. The van der Waals surface area contributed by atoms with Crippen LogP contribution >= 0.6 is 23.4 Å². The third-order valence-electron chi connectivity index (χ3n) is 4.23. The molecule has 0 radical (unpaired) electrons. The molecule has 0 atom stereocenters. The van der Waals surface area contributed by atoms with Crippen LogP contribution in [0.4, 0.5) is 4.79 Å². The van der Waals surface area contributed by atoms with Crippen LogP contribution in [0.2, 0.25) is 5.02 Å². The molecule has 1 aromatic carbocycles. The van der Waals surface area contributed by atoms with Crippen molar-refractivity contribution in [3.8, 4) is 6.07 Å². The first kappa shape index (κ1) is 21.7. The van der Waals surface area contributed by atoms with Gasteiger partial charge in [0.05, 0.1) is 11.6 Å². The number of primary amides is 1. The fourth-order valence-corrected chi connectivity index (χ4v) is 4.44. The van der Waals surface area contributed by atoms with E-state index in [1.54, 1.807) is 30.6 Å². The third-order valence-corrected chi connectivity index (χ3v) is 5.54. The average Bonchev–Trinajstić information content (AvgIpc) is 3.04. The SMILES string of the molecule is CC(C)n1nc(COC(N)=O)c(Cc2ccncc2)c1Sc1cc(Cl)cc(C#N)c1. The minimum absolute atomic E-state index is 0.0258. The van der Waals surface area contributed by atoms with Gasteiger partial charge in [-0.05, 0) is 49.7 Å². The zero-order chi connectivity index (χ0) is 21.7. The molecular weight excluding hydrogens is 422 g/mol. The van der Waals surface area contributed by atoms with Crippen LogP contribution in [-0.4, -0.2) is 20.9 Å². The van der Waals surface area contributed by atoms with Gasteiger partial charge in [0.2, 0.25) is 0 Å². The van der Waals surface area contributed by atoms with Crippen LogP contribution in [0.15, 0.2) is 52.6 Å². The standard InChI is InChI=1S/C21H20ClN5O2S/c1-13(2)27-20(30-17-8-15(11-23)7-16(22)10-17)18(9-14-3-5-25-6-4-14)19(26-27)12-29-21(24)28/h3-8,10,13H,9,12H2,1-2H3,(H2,24,28). The Kier molecular flexibility index (Phi) is 6.98.